The van der Waals surface area contributed by atoms with Crippen LogP contribution in [-0.4, -0.2) is 114 Å². The normalized spacial score (nSPS) is 18.8. The van der Waals surface area contributed by atoms with Gasteiger partial charge in [-0.3, -0.25) is 24.6 Å². The number of halogens is 2. The van der Waals surface area contributed by atoms with Crippen molar-refractivity contribution in [2.75, 3.05) is 61.8 Å². The van der Waals surface area contributed by atoms with E-state index < -0.39 is 23.6 Å². The van der Waals surface area contributed by atoms with Gasteiger partial charge in [-0.25, -0.2) is 33.4 Å². The van der Waals surface area contributed by atoms with Gasteiger partial charge in [0.15, 0.2) is 28.9 Å². The summed E-state index contributed by atoms with van der Waals surface area (Å²) in [5.41, 5.74) is 9.99. The van der Waals surface area contributed by atoms with Crippen LogP contribution in [0.2, 0.25) is 0 Å². The number of piperazine rings is 1. The summed E-state index contributed by atoms with van der Waals surface area (Å²) in [6.45, 7) is 8.85. The van der Waals surface area contributed by atoms with Gasteiger partial charge in [0.1, 0.15) is 35.3 Å². The molecule has 0 radical (unpaired) electrons. The van der Waals surface area contributed by atoms with Gasteiger partial charge in [-0.2, -0.15) is 5.10 Å². The molecule has 19 heteroatoms. The maximum Gasteiger partial charge on any atom is 0.249 e. The van der Waals surface area contributed by atoms with E-state index in [-0.39, 0.29) is 53.9 Å². The van der Waals surface area contributed by atoms with Gasteiger partial charge < -0.3 is 25.4 Å². The number of rotatable bonds is 16. The van der Waals surface area contributed by atoms with Gasteiger partial charge >= 0.3 is 0 Å². The van der Waals surface area contributed by atoms with E-state index >= 15 is 8.78 Å². The fourth-order valence-electron chi connectivity index (χ4n) is 9.44. The average molecular weight is 894 g/mol. The average Bonchev–Trinajstić information content (AvgIpc) is 3.92. The molecule has 0 spiro atoms. The van der Waals surface area contributed by atoms with Crippen LogP contribution in [0.5, 0.6) is 0 Å². The van der Waals surface area contributed by atoms with Crippen LogP contribution in [0.15, 0.2) is 35.4 Å². The molecule has 3 saturated heterocycles. The second-order valence-electron chi connectivity index (χ2n) is 18.2. The zero-order valence-corrected chi connectivity index (χ0v) is 37.1. The Hall–Kier alpha value is -6.11. The first-order valence-corrected chi connectivity index (χ1v) is 23.2. The molecular formula is C46H57F2N13O4. The molecule has 5 aromatic rings. The molecule has 0 bridgehead atoms. The second-order valence-corrected chi connectivity index (χ2v) is 18.2. The van der Waals surface area contributed by atoms with Crippen molar-refractivity contribution in [3.63, 3.8) is 0 Å². The Morgan fingerprint density at radius 1 is 0.877 bits per heavy atom. The molecular weight excluding hydrogens is 837 g/mol. The van der Waals surface area contributed by atoms with Crippen LogP contribution >= 0.6 is 0 Å². The van der Waals surface area contributed by atoms with Crippen molar-refractivity contribution in [3.8, 4) is 22.8 Å². The third-order valence-electron chi connectivity index (χ3n) is 13.3. The number of benzene rings is 1. The monoisotopic (exact) mass is 893 g/mol. The van der Waals surface area contributed by atoms with Crippen LogP contribution < -0.4 is 21.3 Å². The first-order valence-electron chi connectivity index (χ1n) is 23.2. The van der Waals surface area contributed by atoms with E-state index in [0.717, 1.165) is 81.2 Å². The van der Waals surface area contributed by atoms with Crippen molar-refractivity contribution in [1.29, 1.82) is 0 Å². The molecule has 344 valence electrons. The maximum atomic E-state index is 15.1. The highest BCUT2D eigenvalue weighted by Gasteiger charge is 2.36. The van der Waals surface area contributed by atoms with Crippen LogP contribution in [-0.2, 0) is 14.4 Å². The van der Waals surface area contributed by atoms with Gasteiger partial charge in [-0.05, 0) is 89.0 Å². The van der Waals surface area contributed by atoms with Gasteiger partial charge in [0.25, 0.3) is 0 Å². The van der Waals surface area contributed by atoms with E-state index in [1.807, 2.05) is 35.8 Å². The van der Waals surface area contributed by atoms with Crippen molar-refractivity contribution in [2.45, 2.75) is 115 Å². The van der Waals surface area contributed by atoms with Crippen molar-refractivity contribution in [2.24, 2.45) is 0 Å². The molecule has 1 unspecified atom stereocenters. The Morgan fingerprint density at radius 2 is 1.58 bits per heavy atom. The van der Waals surface area contributed by atoms with Gasteiger partial charge in [0.2, 0.25) is 17.7 Å². The third-order valence-corrected chi connectivity index (χ3v) is 13.3. The molecule has 65 heavy (non-hydrogen) atoms. The molecule has 4 fully saturated rings. The van der Waals surface area contributed by atoms with E-state index in [4.69, 9.17) is 25.3 Å². The summed E-state index contributed by atoms with van der Waals surface area (Å²) in [4.78, 5) is 61.2. The number of carbonyl (C=O) groups excluding carboxylic acids is 3. The van der Waals surface area contributed by atoms with Crippen molar-refractivity contribution < 1.29 is 27.7 Å². The number of nitrogens with two attached hydrogens (primary N) is 1. The number of amides is 3. The zero-order chi connectivity index (χ0) is 45.2. The molecule has 7 heterocycles. The minimum absolute atomic E-state index is 0.0327. The number of fused-ring (bicyclic) bond motifs is 1. The molecule has 3 amide bonds. The third kappa shape index (κ3) is 9.65. The highest BCUT2D eigenvalue weighted by Crippen LogP contribution is 2.48. The van der Waals surface area contributed by atoms with Gasteiger partial charge in [0.05, 0.1) is 10.9 Å². The number of hydrogen-bond donors (Lipinski definition) is 3. The minimum atomic E-state index is -0.718. The standard InChI is InChI=1S/C46H57F2N13O4/c1-27(2)61-45-38(43(49)52-26-53-45)39(56-61)40-37(42(65-57-40)29-9-10-29)44-50-24-30(25-51-44)28-13-16-59(17-14-28)36(63)8-6-4-3-5-7-15-58-18-20-60(21-19-58)41-32(47)22-31(23-33(41)48)54-34-11-12-35(62)55-46(34)64/h22-29,34,54H,3-21H2,1-2H3,(H2,49,52,53)(H,55,62,64). The van der Waals surface area contributed by atoms with Crippen LogP contribution in [0.1, 0.15) is 120 Å². The lowest BCUT2D eigenvalue weighted by Crippen LogP contribution is -2.47. The summed E-state index contributed by atoms with van der Waals surface area (Å²) in [6, 6.07) is 1.74. The van der Waals surface area contributed by atoms with Gasteiger partial charge in [-0.15, -0.1) is 0 Å². The quantitative estimate of drug-likeness (QED) is 0.0730. The van der Waals surface area contributed by atoms with Crippen molar-refractivity contribution >= 4 is 45.9 Å². The molecule has 4 aliphatic rings. The predicted octanol–water partition coefficient (Wildman–Crippen LogP) is 6.34. The molecule has 3 aliphatic heterocycles. The minimum Gasteiger partial charge on any atom is -0.383 e. The van der Waals surface area contributed by atoms with Crippen molar-refractivity contribution in [1.82, 2.24) is 50.0 Å². The fraction of sp³-hybridized carbons (Fsp3) is 0.543. The smallest absolute Gasteiger partial charge is 0.249 e. The number of aromatic nitrogens is 7. The van der Waals surface area contributed by atoms with Gasteiger partial charge in [0, 0.05) is 82.2 Å². The topological polar surface area (TPSA) is 206 Å². The highest BCUT2D eigenvalue weighted by atomic mass is 19.1. The summed E-state index contributed by atoms with van der Waals surface area (Å²) in [6.07, 6.45) is 15.0. The molecule has 1 saturated carbocycles. The Labute approximate surface area is 375 Å². The molecule has 1 aromatic carbocycles. The van der Waals surface area contributed by atoms with Crippen LogP contribution in [0, 0.1) is 11.6 Å². The number of nitrogens with one attached hydrogen (secondary N) is 2. The molecule has 4 aromatic heterocycles. The van der Waals surface area contributed by atoms with E-state index in [1.165, 1.54) is 18.5 Å². The number of piperidine rings is 2. The van der Waals surface area contributed by atoms with E-state index in [1.54, 1.807) is 4.90 Å². The molecule has 1 atom stereocenters. The van der Waals surface area contributed by atoms with E-state index in [9.17, 15) is 14.4 Å². The van der Waals surface area contributed by atoms with Crippen molar-refractivity contribution in [3.05, 3.63) is 53.8 Å². The highest BCUT2D eigenvalue weighted by molar-refractivity contribution is 6.02. The van der Waals surface area contributed by atoms with Crippen LogP contribution in [0.25, 0.3) is 33.8 Å². The largest absolute Gasteiger partial charge is 0.383 e. The number of hydrogen-bond acceptors (Lipinski definition) is 14. The number of carbonyl (C=O) groups is 3. The SMILES string of the molecule is CC(C)n1nc(-c2noc(C3CC3)c2-c2ncc(C3CCN(C(=O)CCCCCCCN4CCN(c5c(F)cc(NC6CCC(=O)NC6=O)cc5F)CC4)CC3)cn2)c2c(N)ncnc21. The summed E-state index contributed by atoms with van der Waals surface area (Å²) in [5.74, 6) is 0.132. The number of imide groups is 1. The lowest BCUT2D eigenvalue weighted by atomic mass is 9.91. The molecule has 4 N–H and O–H groups in total. The number of unbranched alkanes of at least 4 members (excludes halogenated alkanes) is 4. The first-order chi connectivity index (χ1) is 31.5. The predicted molar refractivity (Wildman–Crippen MR) is 240 cm³/mol. The Balaban J connectivity index is 0.687. The second kappa shape index (κ2) is 19.2. The van der Waals surface area contributed by atoms with E-state index in [2.05, 4.69) is 30.7 Å². The molecule has 9 rings (SSSR count). The summed E-state index contributed by atoms with van der Waals surface area (Å²) >= 11 is 0. The summed E-state index contributed by atoms with van der Waals surface area (Å²) in [7, 11) is 0. The number of nitrogen functional groups attached to an aromatic ring is 1. The zero-order valence-electron chi connectivity index (χ0n) is 37.1. The lowest BCUT2D eigenvalue weighted by Gasteiger charge is -2.36. The van der Waals surface area contributed by atoms with E-state index in [0.29, 0.717) is 79.8 Å². The maximum absolute atomic E-state index is 15.1. The van der Waals surface area contributed by atoms with Crippen LogP contribution in [0.3, 0.4) is 0 Å². The van der Waals surface area contributed by atoms with Gasteiger partial charge in [-0.1, -0.05) is 24.4 Å². The number of anilines is 3. The number of nitrogens with zero attached hydrogens (tertiary/aromatic N) is 10. The molecule has 17 nitrogen and oxygen atoms in total. The first kappa shape index (κ1) is 44.1. The lowest BCUT2D eigenvalue weighted by molar-refractivity contribution is -0.134. The fourth-order valence-corrected chi connectivity index (χ4v) is 9.44. The Kier molecular flexibility index (Phi) is 13.0. The number of likely N-dealkylation sites (tertiary alicyclic amines) is 1. The van der Waals surface area contributed by atoms with Crippen LogP contribution in [0.4, 0.5) is 26.0 Å². The summed E-state index contributed by atoms with van der Waals surface area (Å²) < 4.78 is 38.1. The molecule has 1 aliphatic carbocycles. The Morgan fingerprint density at radius 3 is 2.28 bits per heavy atom. The summed E-state index contributed by atoms with van der Waals surface area (Å²) in [5, 5.41) is 15.1. The Bertz CT molecular complexity index is 2500.